The summed E-state index contributed by atoms with van der Waals surface area (Å²) >= 11 is 6.66. The molecule has 0 bridgehead atoms. The van der Waals surface area contributed by atoms with Crippen LogP contribution in [0.4, 0.5) is 13.2 Å². The van der Waals surface area contributed by atoms with Crippen LogP contribution >= 0.6 is 23.4 Å². The minimum atomic E-state index is -4.43. The third-order valence-corrected chi connectivity index (χ3v) is 3.06. The summed E-state index contributed by atoms with van der Waals surface area (Å²) in [5.74, 6) is 0. The second-order valence-corrected chi connectivity index (χ2v) is 4.95. The van der Waals surface area contributed by atoms with Crippen molar-refractivity contribution in [1.82, 2.24) is 14.8 Å². The average Bonchev–Trinajstić information content (AvgIpc) is 2.61. The lowest BCUT2D eigenvalue weighted by molar-refractivity contribution is -0.137. The third-order valence-electron chi connectivity index (χ3n) is 2.00. The molecule has 0 aromatic carbocycles. The molecule has 2 heterocycles. The molecule has 0 fully saturated rings. The fraction of sp³-hybridized carbons (Fsp3) is 0.200. The normalized spacial score (nSPS) is 11.8. The van der Waals surface area contributed by atoms with Crippen LogP contribution in [0.3, 0.4) is 0 Å². The summed E-state index contributed by atoms with van der Waals surface area (Å²) < 4.78 is 39.3. The van der Waals surface area contributed by atoms with Gasteiger partial charge in [0.1, 0.15) is 10.2 Å². The molecule has 0 N–H and O–H groups in total. The SMILES string of the molecule is Cn1cc(Sc2cc(C(F)(F)F)cc(Cl)n2)cn1. The molecule has 0 aliphatic carbocycles. The second kappa shape index (κ2) is 4.81. The Labute approximate surface area is 110 Å². The Morgan fingerprint density at radius 2 is 2.06 bits per heavy atom. The van der Waals surface area contributed by atoms with E-state index in [1.807, 2.05) is 0 Å². The first-order chi connectivity index (χ1) is 8.34. The van der Waals surface area contributed by atoms with Gasteiger partial charge in [-0.15, -0.1) is 0 Å². The largest absolute Gasteiger partial charge is 0.416 e. The summed E-state index contributed by atoms with van der Waals surface area (Å²) in [6, 6.07) is 1.76. The summed E-state index contributed by atoms with van der Waals surface area (Å²) in [6.07, 6.45) is -1.21. The molecule has 0 atom stereocenters. The van der Waals surface area contributed by atoms with Crippen molar-refractivity contribution in [2.24, 2.45) is 7.05 Å². The molecule has 2 aromatic heterocycles. The number of alkyl halides is 3. The Hall–Kier alpha value is -1.21. The topological polar surface area (TPSA) is 30.7 Å². The number of aryl methyl sites for hydroxylation is 1. The van der Waals surface area contributed by atoms with Crippen molar-refractivity contribution in [3.05, 3.63) is 35.2 Å². The molecule has 0 amide bonds. The van der Waals surface area contributed by atoms with Crippen LogP contribution in [0.5, 0.6) is 0 Å². The van der Waals surface area contributed by atoms with E-state index in [9.17, 15) is 13.2 Å². The molecular formula is C10H7ClF3N3S. The molecule has 0 saturated heterocycles. The zero-order valence-electron chi connectivity index (χ0n) is 9.07. The van der Waals surface area contributed by atoms with Crippen molar-refractivity contribution < 1.29 is 13.2 Å². The lowest BCUT2D eigenvalue weighted by atomic mass is 10.3. The van der Waals surface area contributed by atoms with Gasteiger partial charge in [0.05, 0.1) is 16.7 Å². The van der Waals surface area contributed by atoms with Crippen molar-refractivity contribution in [2.45, 2.75) is 16.1 Å². The number of hydrogen-bond donors (Lipinski definition) is 0. The Bertz CT molecular complexity index is 568. The highest BCUT2D eigenvalue weighted by Gasteiger charge is 2.31. The van der Waals surface area contributed by atoms with E-state index in [0.717, 1.165) is 23.9 Å². The van der Waals surface area contributed by atoms with E-state index in [1.54, 1.807) is 24.1 Å². The van der Waals surface area contributed by atoms with Gasteiger partial charge < -0.3 is 0 Å². The summed E-state index contributed by atoms with van der Waals surface area (Å²) in [6.45, 7) is 0. The number of aromatic nitrogens is 3. The minimum absolute atomic E-state index is 0.183. The Kier molecular flexibility index (Phi) is 3.54. The van der Waals surface area contributed by atoms with Crippen molar-refractivity contribution in [3.63, 3.8) is 0 Å². The molecule has 2 aromatic rings. The highest BCUT2D eigenvalue weighted by molar-refractivity contribution is 7.99. The maximum absolute atomic E-state index is 12.6. The third kappa shape index (κ3) is 3.17. The van der Waals surface area contributed by atoms with E-state index in [1.165, 1.54) is 0 Å². The van der Waals surface area contributed by atoms with Crippen molar-refractivity contribution in [2.75, 3.05) is 0 Å². The van der Waals surface area contributed by atoms with E-state index < -0.39 is 11.7 Å². The van der Waals surface area contributed by atoms with Gasteiger partial charge in [0.2, 0.25) is 0 Å². The number of hydrogen-bond acceptors (Lipinski definition) is 3. The van der Waals surface area contributed by atoms with Crippen LogP contribution < -0.4 is 0 Å². The predicted molar refractivity (Wildman–Crippen MR) is 61.6 cm³/mol. The highest BCUT2D eigenvalue weighted by Crippen LogP contribution is 2.34. The molecule has 0 saturated carbocycles. The van der Waals surface area contributed by atoms with Gasteiger partial charge in [-0.1, -0.05) is 23.4 Å². The lowest BCUT2D eigenvalue weighted by Gasteiger charge is -2.08. The number of halogens is 4. The van der Waals surface area contributed by atoms with Crippen LogP contribution in [0.15, 0.2) is 34.4 Å². The van der Waals surface area contributed by atoms with Gasteiger partial charge in [-0.3, -0.25) is 4.68 Å². The maximum atomic E-state index is 12.6. The lowest BCUT2D eigenvalue weighted by Crippen LogP contribution is -2.05. The molecule has 0 aliphatic rings. The number of pyridine rings is 1. The molecule has 0 aliphatic heterocycles. The smallest absolute Gasteiger partial charge is 0.275 e. The summed E-state index contributed by atoms with van der Waals surface area (Å²) in [7, 11) is 1.72. The van der Waals surface area contributed by atoms with Crippen LogP contribution in [-0.4, -0.2) is 14.8 Å². The van der Waals surface area contributed by atoms with Crippen LogP contribution in [0.2, 0.25) is 5.15 Å². The Morgan fingerprint density at radius 1 is 1.33 bits per heavy atom. The van der Waals surface area contributed by atoms with Gasteiger partial charge in [0.25, 0.3) is 0 Å². The van der Waals surface area contributed by atoms with Crippen LogP contribution in [-0.2, 0) is 13.2 Å². The molecule has 0 radical (unpaired) electrons. The zero-order chi connectivity index (χ0) is 13.3. The van der Waals surface area contributed by atoms with Gasteiger partial charge in [0.15, 0.2) is 0 Å². The monoisotopic (exact) mass is 293 g/mol. The van der Waals surface area contributed by atoms with E-state index in [4.69, 9.17) is 11.6 Å². The first kappa shape index (κ1) is 13.2. The standard InChI is InChI=1S/C10H7ClF3N3S/c1-17-5-7(4-15-17)18-9-3-6(10(12,13)14)2-8(11)16-9/h2-5H,1H3. The fourth-order valence-corrected chi connectivity index (χ4v) is 2.40. The molecule has 0 spiro atoms. The summed E-state index contributed by atoms with van der Waals surface area (Å²) in [5.41, 5.74) is -0.811. The second-order valence-electron chi connectivity index (χ2n) is 3.47. The summed E-state index contributed by atoms with van der Waals surface area (Å²) in [5, 5.41) is 3.92. The Morgan fingerprint density at radius 3 is 2.61 bits per heavy atom. The molecule has 2 rings (SSSR count). The maximum Gasteiger partial charge on any atom is 0.416 e. The van der Waals surface area contributed by atoms with Gasteiger partial charge in [0, 0.05) is 13.2 Å². The quantitative estimate of drug-likeness (QED) is 0.792. The van der Waals surface area contributed by atoms with Crippen LogP contribution in [0.25, 0.3) is 0 Å². The van der Waals surface area contributed by atoms with Gasteiger partial charge in [-0.2, -0.15) is 18.3 Å². The van der Waals surface area contributed by atoms with Crippen molar-refractivity contribution in [1.29, 1.82) is 0 Å². The van der Waals surface area contributed by atoms with Crippen molar-refractivity contribution in [3.8, 4) is 0 Å². The van der Waals surface area contributed by atoms with Crippen LogP contribution in [0.1, 0.15) is 5.56 Å². The van der Waals surface area contributed by atoms with E-state index in [2.05, 4.69) is 10.1 Å². The van der Waals surface area contributed by atoms with E-state index in [-0.39, 0.29) is 10.2 Å². The minimum Gasteiger partial charge on any atom is -0.275 e. The Balaban J connectivity index is 2.31. The average molecular weight is 294 g/mol. The first-order valence-corrected chi connectivity index (χ1v) is 5.95. The summed E-state index contributed by atoms with van der Waals surface area (Å²) in [4.78, 5) is 4.54. The molecular weight excluding hydrogens is 287 g/mol. The van der Waals surface area contributed by atoms with E-state index >= 15 is 0 Å². The molecule has 96 valence electrons. The van der Waals surface area contributed by atoms with Crippen LogP contribution in [0, 0.1) is 0 Å². The molecule has 0 unspecified atom stereocenters. The van der Waals surface area contributed by atoms with Gasteiger partial charge >= 0.3 is 6.18 Å². The number of nitrogens with zero attached hydrogens (tertiary/aromatic N) is 3. The molecule has 18 heavy (non-hydrogen) atoms. The van der Waals surface area contributed by atoms with E-state index in [0.29, 0.717) is 4.90 Å². The predicted octanol–water partition coefficient (Wildman–Crippen LogP) is 3.64. The molecule has 8 heteroatoms. The fourth-order valence-electron chi connectivity index (χ4n) is 1.26. The van der Waals surface area contributed by atoms with Crippen molar-refractivity contribution >= 4 is 23.4 Å². The highest BCUT2D eigenvalue weighted by atomic mass is 35.5. The molecule has 3 nitrogen and oxygen atoms in total. The van der Waals surface area contributed by atoms with Gasteiger partial charge in [-0.05, 0) is 12.1 Å². The first-order valence-electron chi connectivity index (χ1n) is 4.76. The van der Waals surface area contributed by atoms with Gasteiger partial charge in [-0.25, -0.2) is 4.98 Å². The zero-order valence-corrected chi connectivity index (χ0v) is 10.6. The number of rotatable bonds is 2.